The van der Waals surface area contributed by atoms with Crippen LogP contribution in [-0.4, -0.2) is 23.3 Å². The van der Waals surface area contributed by atoms with Crippen LogP contribution in [-0.2, 0) is 11.2 Å². The molecule has 0 aliphatic carbocycles. The molecule has 0 aliphatic rings. The average Bonchev–Trinajstić information content (AvgIpc) is 3.31. The molecule has 0 spiro atoms. The van der Waals surface area contributed by atoms with E-state index < -0.39 is 0 Å². The van der Waals surface area contributed by atoms with Gasteiger partial charge in [0.2, 0.25) is 5.91 Å². The lowest BCUT2D eigenvalue weighted by atomic mass is 10.1. The lowest BCUT2D eigenvalue weighted by Gasteiger charge is -2.04. The molecular formula is C19H19N3O2S2. The highest BCUT2D eigenvalue weighted by atomic mass is 32.1. The highest BCUT2D eigenvalue weighted by Crippen LogP contribution is 2.25. The zero-order chi connectivity index (χ0) is 18.4. The summed E-state index contributed by atoms with van der Waals surface area (Å²) in [5, 5.41) is 11.9. The van der Waals surface area contributed by atoms with Gasteiger partial charge in [-0.2, -0.15) is 11.3 Å². The number of aryl methyl sites for hydroxylation is 1. The van der Waals surface area contributed by atoms with Gasteiger partial charge in [0.05, 0.1) is 11.3 Å². The van der Waals surface area contributed by atoms with Crippen LogP contribution in [0.2, 0.25) is 0 Å². The number of thiazole rings is 1. The summed E-state index contributed by atoms with van der Waals surface area (Å²) < 4.78 is 0. The highest BCUT2D eigenvalue weighted by molar-refractivity contribution is 7.14. The summed E-state index contributed by atoms with van der Waals surface area (Å²) in [5.74, 6) is -0.132. The van der Waals surface area contributed by atoms with Crippen molar-refractivity contribution in [3.8, 4) is 11.3 Å². The number of rotatable bonds is 7. The molecule has 3 aromatic rings. The Balaban J connectivity index is 1.57. The topological polar surface area (TPSA) is 71.1 Å². The summed E-state index contributed by atoms with van der Waals surface area (Å²) in [7, 11) is 0. The van der Waals surface area contributed by atoms with E-state index in [2.05, 4.69) is 27.8 Å². The molecule has 0 unspecified atom stereocenters. The van der Waals surface area contributed by atoms with E-state index in [9.17, 15) is 9.59 Å². The highest BCUT2D eigenvalue weighted by Gasteiger charge is 2.10. The predicted octanol–water partition coefficient (Wildman–Crippen LogP) is 4.19. The normalized spacial score (nSPS) is 10.5. The maximum absolute atomic E-state index is 12.1. The third-order valence-electron chi connectivity index (χ3n) is 3.77. The average molecular weight is 386 g/mol. The smallest absolute Gasteiger partial charge is 0.258 e. The van der Waals surface area contributed by atoms with Crippen molar-refractivity contribution in [3.63, 3.8) is 0 Å². The molecule has 0 aliphatic heterocycles. The molecule has 2 amide bonds. The quantitative estimate of drug-likeness (QED) is 0.599. The summed E-state index contributed by atoms with van der Waals surface area (Å²) in [6.07, 6.45) is 1.83. The van der Waals surface area contributed by atoms with E-state index in [-0.39, 0.29) is 11.8 Å². The second-order valence-electron chi connectivity index (χ2n) is 5.79. The Morgan fingerprint density at radius 1 is 1.12 bits per heavy atom. The van der Waals surface area contributed by atoms with Crippen molar-refractivity contribution < 1.29 is 9.59 Å². The maximum Gasteiger partial charge on any atom is 0.258 e. The molecule has 2 N–H and O–H groups in total. The van der Waals surface area contributed by atoms with Crippen molar-refractivity contribution in [2.75, 3.05) is 11.9 Å². The van der Waals surface area contributed by atoms with E-state index in [1.807, 2.05) is 28.3 Å². The van der Waals surface area contributed by atoms with Crippen LogP contribution in [0.5, 0.6) is 0 Å². The van der Waals surface area contributed by atoms with Crippen LogP contribution in [0.3, 0.4) is 0 Å². The number of benzene rings is 1. The fourth-order valence-corrected chi connectivity index (χ4v) is 3.78. The molecule has 134 valence electrons. The summed E-state index contributed by atoms with van der Waals surface area (Å²) in [6.45, 7) is 2.22. The van der Waals surface area contributed by atoms with Crippen LogP contribution in [0, 0.1) is 0 Å². The first-order valence-electron chi connectivity index (χ1n) is 8.24. The summed E-state index contributed by atoms with van der Waals surface area (Å²) >= 11 is 2.91. The standard InChI is InChI=1S/C19H19N3O2S2/c1-13(23)20-9-2-3-14-4-6-15(7-5-14)17-12-26-19(21-17)22-18(24)16-8-10-25-11-16/h4-8,10-12H,2-3,9H2,1H3,(H,20,23)(H,21,22,24). The van der Waals surface area contributed by atoms with Gasteiger partial charge in [-0.05, 0) is 29.9 Å². The Hall–Kier alpha value is -2.51. The molecule has 3 rings (SSSR count). The maximum atomic E-state index is 12.1. The van der Waals surface area contributed by atoms with Crippen LogP contribution in [0.1, 0.15) is 29.3 Å². The SMILES string of the molecule is CC(=O)NCCCc1ccc(-c2csc(NC(=O)c3ccsc3)n2)cc1. The van der Waals surface area contributed by atoms with E-state index in [0.717, 1.165) is 24.1 Å². The Morgan fingerprint density at radius 3 is 2.62 bits per heavy atom. The van der Waals surface area contributed by atoms with Gasteiger partial charge in [0.1, 0.15) is 0 Å². The number of hydrogen-bond acceptors (Lipinski definition) is 5. The minimum Gasteiger partial charge on any atom is -0.356 e. The van der Waals surface area contributed by atoms with Crippen molar-refractivity contribution in [2.45, 2.75) is 19.8 Å². The molecule has 5 nitrogen and oxygen atoms in total. The molecule has 0 atom stereocenters. The number of nitrogens with zero attached hydrogens (tertiary/aromatic N) is 1. The zero-order valence-corrected chi connectivity index (χ0v) is 16.0. The van der Waals surface area contributed by atoms with Gasteiger partial charge in [-0.1, -0.05) is 24.3 Å². The molecular weight excluding hydrogens is 366 g/mol. The Bertz CT molecular complexity index is 871. The molecule has 0 fully saturated rings. The summed E-state index contributed by atoms with van der Waals surface area (Å²) in [6, 6.07) is 10.0. The third-order valence-corrected chi connectivity index (χ3v) is 5.21. The molecule has 2 heterocycles. The zero-order valence-electron chi connectivity index (χ0n) is 14.3. The molecule has 0 saturated heterocycles. The number of nitrogens with one attached hydrogen (secondary N) is 2. The number of thiophene rings is 1. The van der Waals surface area contributed by atoms with E-state index in [4.69, 9.17) is 0 Å². The van der Waals surface area contributed by atoms with Gasteiger partial charge in [-0.3, -0.25) is 14.9 Å². The molecule has 2 aromatic heterocycles. The van der Waals surface area contributed by atoms with Crippen LogP contribution in [0.4, 0.5) is 5.13 Å². The fraction of sp³-hybridized carbons (Fsp3) is 0.211. The van der Waals surface area contributed by atoms with Crippen molar-refractivity contribution >= 4 is 39.6 Å². The summed E-state index contributed by atoms with van der Waals surface area (Å²) in [5.41, 5.74) is 3.74. The molecule has 7 heteroatoms. The van der Waals surface area contributed by atoms with Gasteiger partial charge in [0, 0.05) is 29.8 Å². The molecule has 1 aromatic carbocycles. The second kappa shape index (κ2) is 8.73. The van der Waals surface area contributed by atoms with Gasteiger partial charge in [0.15, 0.2) is 5.13 Å². The van der Waals surface area contributed by atoms with Crippen LogP contribution < -0.4 is 10.6 Å². The van der Waals surface area contributed by atoms with Crippen LogP contribution in [0.15, 0.2) is 46.5 Å². The second-order valence-corrected chi connectivity index (χ2v) is 7.43. The van der Waals surface area contributed by atoms with E-state index in [1.165, 1.54) is 35.2 Å². The number of aromatic nitrogens is 1. The third kappa shape index (κ3) is 5.00. The fourth-order valence-electron chi connectivity index (χ4n) is 2.43. The van der Waals surface area contributed by atoms with Gasteiger partial charge in [-0.25, -0.2) is 4.98 Å². The van der Waals surface area contributed by atoms with Crippen molar-refractivity contribution in [3.05, 3.63) is 57.6 Å². The number of carbonyl (C=O) groups is 2. The van der Waals surface area contributed by atoms with Crippen LogP contribution >= 0.6 is 22.7 Å². The van der Waals surface area contributed by atoms with Crippen molar-refractivity contribution in [2.24, 2.45) is 0 Å². The lowest BCUT2D eigenvalue weighted by molar-refractivity contribution is -0.118. The molecule has 0 saturated carbocycles. The number of amides is 2. The molecule has 26 heavy (non-hydrogen) atoms. The minimum atomic E-state index is -0.137. The largest absolute Gasteiger partial charge is 0.356 e. The number of anilines is 1. The Labute approximate surface area is 160 Å². The Morgan fingerprint density at radius 2 is 1.92 bits per heavy atom. The first kappa shape index (κ1) is 18.3. The Kier molecular flexibility index (Phi) is 6.14. The van der Waals surface area contributed by atoms with E-state index in [1.54, 1.807) is 6.07 Å². The number of carbonyl (C=O) groups excluding carboxylic acids is 2. The summed E-state index contributed by atoms with van der Waals surface area (Å²) in [4.78, 5) is 27.4. The van der Waals surface area contributed by atoms with Gasteiger partial charge in [0.25, 0.3) is 5.91 Å². The van der Waals surface area contributed by atoms with Crippen molar-refractivity contribution in [1.82, 2.24) is 10.3 Å². The van der Waals surface area contributed by atoms with Crippen LogP contribution in [0.25, 0.3) is 11.3 Å². The first-order valence-corrected chi connectivity index (χ1v) is 10.1. The lowest BCUT2D eigenvalue weighted by Crippen LogP contribution is -2.21. The van der Waals surface area contributed by atoms with E-state index in [0.29, 0.717) is 17.2 Å². The van der Waals surface area contributed by atoms with Gasteiger partial charge >= 0.3 is 0 Å². The predicted molar refractivity (Wildman–Crippen MR) is 107 cm³/mol. The van der Waals surface area contributed by atoms with Crippen molar-refractivity contribution in [1.29, 1.82) is 0 Å². The monoisotopic (exact) mass is 385 g/mol. The van der Waals surface area contributed by atoms with Gasteiger partial charge < -0.3 is 5.32 Å². The van der Waals surface area contributed by atoms with E-state index >= 15 is 0 Å². The van der Waals surface area contributed by atoms with Gasteiger partial charge in [-0.15, -0.1) is 11.3 Å². The first-order chi connectivity index (χ1) is 12.6. The minimum absolute atomic E-state index is 0.00535. The number of hydrogen-bond donors (Lipinski definition) is 2. The molecule has 0 bridgehead atoms. The molecule has 0 radical (unpaired) electrons.